The number of sulfonamides is 1. The van der Waals surface area contributed by atoms with Gasteiger partial charge >= 0.3 is 0 Å². The van der Waals surface area contributed by atoms with Crippen LogP contribution in [0, 0.1) is 13.8 Å². The van der Waals surface area contributed by atoms with Gasteiger partial charge in [0.15, 0.2) is 0 Å². The van der Waals surface area contributed by atoms with Crippen LogP contribution in [0.5, 0.6) is 5.75 Å². The second-order valence-corrected chi connectivity index (χ2v) is 13.0. The van der Waals surface area contributed by atoms with Crippen molar-refractivity contribution in [1.29, 1.82) is 0 Å². The van der Waals surface area contributed by atoms with Crippen LogP contribution < -0.4 is 14.4 Å². The number of hydrogen-bond donors (Lipinski definition) is 1. The normalized spacial score (nSPS) is 12.4. The molecule has 0 spiro atoms. The molecule has 2 amide bonds. The van der Waals surface area contributed by atoms with E-state index in [4.69, 9.17) is 4.74 Å². The van der Waals surface area contributed by atoms with Crippen molar-refractivity contribution >= 4 is 27.5 Å². The molecule has 0 aromatic heterocycles. The molecule has 0 aliphatic rings. The number of anilines is 1. The van der Waals surface area contributed by atoms with Crippen LogP contribution in [0.3, 0.4) is 0 Å². The summed E-state index contributed by atoms with van der Waals surface area (Å²) in [4.78, 5) is 29.2. The molecule has 41 heavy (non-hydrogen) atoms. The van der Waals surface area contributed by atoms with Crippen molar-refractivity contribution in [2.75, 3.05) is 18.0 Å². The third kappa shape index (κ3) is 8.10. The number of amides is 2. The first kappa shape index (κ1) is 31.7. The highest BCUT2D eigenvalue weighted by atomic mass is 32.2. The molecule has 0 fully saturated rings. The van der Waals surface area contributed by atoms with E-state index >= 15 is 0 Å². The van der Waals surface area contributed by atoms with E-state index in [2.05, 4.69) is 5.32 Å². The van der Waals surface area contributed by atoms with Gasteiger partial charge < -0.3 is 15.0 Å². The molecule has 3 rings (SSSR count). The van der Waals surface area contributed by atoms with Crippen molar-refractivity contribution in [3.8, 4) is 5.75 Å². The Kier molecular flexibility index (Phi) is 10.2. The van der Waals surface area contributed by atoms with E-state index in [1.165, 1.54) is 24.1 Å². The SMILES string of the molecule is CC[C@H](C(=O)NC(C)(C)C)N(Cc1ccc(C)cc1)C(=O)CN(c1cc(C)ccc1OC)S(=O)(=O)c1ccccc1. The van der Waals surface area contributed by atoms with E-state index in [1.54, 1.807) is 30.3 Å². The van der Waals surface area contributed by atoms with Crippen LogP contribution in [0.15, 0.2) is 77.7 Å². The van der Waals surface area contributed by atoms with Crippen LogP contribution in [0.4, 0.5) is 5.69 Å². The molecule has 3 aromatic carbocycles. The number of carbonyl (C=O) groups excluding carboxylic acids is 2. The number of hydrogen-bond acceptors (Lipinski definition) is 5. The minimum absolute atomic E-state index is 0.0407. The molecule has 3 aromatic rings. The zero-order valence-corrected chi connectivity index (χ0v) is 25.8. The monoisotopic (exact) mass is 579 g/mol. The largest absolute Gasteiger partial charge is 0.495 e. The summed E-state index contributed by atoms with van der Waals surface area (Å²) in [6.07, 6.45) is 0.346. The maximum atomic E-state index is 14.2. The summed E-state index contributed by atoms with van der Waals surface area (Å²) in [5.74, 6) is -0.499. The Balaban J connectivity index is 2.12. The van der Waals surface area contributed by atoms with Gasteiger partial charge in [-0.25, -0.2) is 8.42 Å². The number of aryl methyl sites for hydroxylation is 2. The lowest BCUT2D eigenvalue weighted by Gasteiger charge is -2.35. The van der Waals surface area contributed by atoms with E-state index in [9.17, 15) is 18.0 Å². The summed E-state index contributed by atoms with van der Waals surface area (Å²) in [5, 5.41) is 2.98. The average Bonchev–Trinajstić information content (AvgIpc) is 2.92. The fraction of sp³-hybridized carbons (Fsp3) is 0.375. The zero-order valence-electron chi connectivity index (χ0n) is 25.0. The van der Waals surface area contributed by atoms with Gasteiger partial charge in [-0.3, -0.25) is 13.9 Å². The molecular formula is C32H41N3O5S. The Bertz CT molecular complexity index is 1450. The smallest absolute Gasteiger partial charge is 0.264 e. The van der Waals surface area contributed by atoms with Gasteiger partial charge in [0.25, 0.3) is 10.0 Å². The van der Waals surface area contributed by atoms with E-state index < -0.39 is 34.1 Å². The number of benzene rings is 3. The minimum Gasteiger partial charge on any atom is -0.495 e. The summed E-state index contributed by atoms with van der Waals surface area (Å²) in [6.45, 7) is 10.9. The maximum absolute atomic E-state index is 14.2. The van der Waals surface area contributed by atoms with Crippen LogP contribution >= 0.6 is 0 Å². The Labute approximate surface area is 244 Å². The molecule has 0 heterocycles. The number of ether oxygens (including phenoxy) is 1. The van der Waals surface area contributed by atoms with Crippen molar-refractivity contribution in [3.05, 3.63) is 89.5 Å². The number of nitrogens with zero attached hydrogens (tertiary/aromatic N) is 2. The number of carbonyl (C=O) groups is 2. The third-order valence-electron chi connectivity index (χ3n) is 6.57. The van der Waals surface area contributed by atoms with Crippen molar-refractivity contribution in [3.63, 3.8) is 0 Å². The van der Waals surface area contributed by atoms with Gasteiger partial charge in [-0.05, 0) is 76.4 Å². The Morgan fingerprint density at radius 3 is 2.10 bits per heavy atom. The zero-order chi connectivity index (χ0) is 30.4. The highest BCUT2D eigenvalue weighted by Gasteiger charge is 2.35. The fourth-order valence-electron chi connectivity index (χ4n) is 4.49. The number of methoxy groups -OCH3 is 1. The van der Waals surface area contributed by atoms with Gasteiger partial charge in [-0.2, -0.15) is 0 Å². The van der Waals surface area contributed by atoms with E-state index in [0.717, 1.165) is 21.0 Å². The second kappa shape index (κ2) is 13.2. The number of rotatable bonds is 11. The van der Waals surface area contributed by atoms with Gasteiger partial charge in [-0.1, -0.05) is 61.0 Å². The third-order valence-corrected chi connectivity index (χ3v) is 8.34. The molecule has 220 valence electrons. The maximum Gasteiger partial charge on any atom is 0.264 e. The molecule has 0 bridgehead atoms. The number of nitrogens with one attached hydrogen (secondary N) is 1. The van der Waals surface area contributed by atoms with E-state index in [0.29, 0.717) is 12.2 Å². The summed E-state index contributed by atoms with van der Waals surface area (Å²) in [7, 11) is -2.73. The van der Waals surface area contributed by atoms with Crippen LogP contribution in [-0.4, -0.2) is 50.4 Å². The first-order valence-electron chi connectivity index (χ1n) is 13.7. The molecule has 0 unspecified atom stereocenters. The molecule has 8 nitrogen and oxygen atoms in total. The quantitative estimate of drug-likeness (QED) is 0.336. The molecule has 1 N–H and O–H groups in total. The first-order valence-corrected chi connectivity index (χ1v) is 15.1. The lowest BCUT2D eigenvalue weighted by molar-refractivity contribution is -0.141. The lowest BCUT2D eigenvalue weighted by atomic mass is 10.1. The van der Waals surface area contributed by atoms with E-state index in [1.807, 2.05) is 71.9 Å². The summed E-state index contributed by atoms with van der Waals surface area (Å²) >= 11 is 0. The highest BCUT2D eigenvalue weighted by molar-refractivity contribution is 7.92. The second-order valence-electron chi connectivity index (χ2n) is 11.2. The summed E-state index contributed by atoms with van der Waals surface area (Å²) in [6, 6.07) is 20.0. The molecule has 0 saturated heterocycles. The van der Waals surface area contributed by atoms with Crippen LogP contribution in [0.1, 0.15) is 50.8 Å². The Morgan fingerprint density at radius 2 is 1.54 bits per heavy atom. The van der Waals surface area contributed by atoms with Gasteiger partial charge in [-0.15, -0.1) is 0 Å². The van der Waals surface area contributed by atoms with Crippen LogP contribution in [0.2, 0.25) is 0 Å². The van der Waals surface area contributed by atoms with Gasteiger partial charge in [0.05, 0.1) is 17.7 Å². The highest BCUT2D eigenvalue weighted by Crippen LogP contribution is 2.33. The first-order chi connectivity index (χ1) is 19.3. The predicted octanol–water partition coefficient (Wildman–Crippen LogP) is 5.23. The van der Waals surface area contributed by atoms with Crippen molar-refractivity contribution in [2.24, 2.45) is 0 Å². The standard InChI is InChI=1S/C32H41N3O5S/c1-8-27(31(37)33-32(4,5)6)34(21-25-17-14-23(2)15-18-25)30(36)22-35(28-20-24(3)16-19-29(28)40-7)41(38,39)26-12-10-9-11-13-26/h9-20,27H,8,21-22H2,1-7H3,(H,33,37)/t27-/m1/s1. The Hall–Kier alpha value is -3.85. The van der Waals surface area contributed by atoms with Crippen molar-refractivity contribution in [2.45, 2.75) is 71.0 Å². The molecular weight excluding hydrogens is 538 g/mol. The predicted molar refractivity (Wildman–Crippen MR) is 162 cm³/mol. The fourth-order valence-corrected chi connectivity index (χ4v) is 5.93. The molecule has 0 aliphatic carbocycles. The molecule has 0 radical (unpaired) electrons. The van der Waals surface area contributed by atoms with Crippen LogP contribution in [-0.2, 0) is 26.2 Å². The molecule has 0 aliphatic heterocycles. The average molecular weight is 580 g/mol. The molecule has 1 atom stereocenters. The summed E-state index contributed by atoms with van der Waals surface area (Å²) < 4.78 is 34.7. The van der Waals surface area contributed by atoms with Gasteiger partial charge in [0.1, 0.15) is 18.3 Å². The van der Waals surface area contributed by atoms with Crippen molar-refractivity contribution in [1.82, 2.24) is 10.2 Å². The summed E-state index contributed by atoms with van der Waals surface area (Å²) in [5.41, 5.74) is 2.43. The lowest BCUT2D eigenvalue weighted by Crippen LogP contribution is -2.55. The van der Waals surface area contributed by atoms with Crippen molar-refractivity contribution < 1.29 is 22.7 Å². The van der Waals surface area contributed by atoms with Gasteiger partial charge in [0, 0.05) is 12.1 Å². The minimum atomic E-state index is -4.19. The molecule has 9 heteroatoms. The van der Waals surface area contributed by atoms with Gasteiger partial charge in [0.2, 0.25) is 11.8 Å². The Morgan fingerprint density at radius 1 is 0.927 bits per heavy atom. The van der Waals surface area contributed by atoms with E-state index in [-0.39, 0.29) is 23.0 Å². The topological polar surface area (TPSA) is 96.0 Å². The van der Waals surface area contributed by atoms with Crippen LogP contribution in [0.25, 0.3) is 0 Å². The molecule has 0 saturated carbocycles.